The third-order valence-corrected chi connectivity index (χ3v) is 7.35. The summed E-state index contributed by atoms with van der Waals surface area (Å²) in [6.07, 6.45) is 3.42. The van der Waals surface area contributed by atoms with Crippen LogP contribution < -0.4 is 9.47 Å². The van der Waals surface area contributed by atoms with E-state index in [2.05, 4.69) is 6.08 Å². The monoisotopic (exact) mass is 519 g/mol. The predicted octanol–water partition coefficient (Wildman–Crippen LogP) is 6.49. The van der Waals surface area contributed by atoms with E-state index in [1.54, 1.807) is 26.4 Å². The molecule has 2 aromatic heterocycles. The number of esters is 1. The molecule has 8 heteroatoms. The molecule has 1 aliphatic carbocycles. The molecule has 0 saturated heterocycles. The van der Waals surface area contributed by atoms with Crippen molar-refractivity contribution in [2.24, 2.45) is 0 Å². The summed E-state index contributed by atoms with van der Waals surface area (Å²) in [5.41, 5.74) is 4.71. The maximum absolute atomic E-state index is 13.3. The number of fused-ring (bicyclic) bond motifs is 2. The Morgan fingerprint density at radius 1 is 1.03 bits per heavy atom. The van der Waals surface area contributed by atoms with Crippen LogP contribution in [0.15, 0.2) is 54.6 Å². The first kappa shape index (κ1) is 24.0. The quantitative estimate of drug-likeness (QED) is 0.205. The molecule has 6 nitrogen and oxygen atoms in total. The van der Waals surface area contributed by atoms with Gasteiger partial charge in [0.2, 0.25) is 5.78 Å². The van der Waals surface area contributed by atoms with Crippen molar-refractivity contribution in [3.05, 3.63) is 86.2 Å². The van der Waals surface area contributed by atoms with Gasteiger partial charge in [0.1, 0.15) is 0 Å². The van der Waals surface area contributed by atoms with Gasteiger partial charge in [0.25, 0.3) is 0 Å². The third kappa shape index (κ3) is 4.59. The molecule has 0 bridgehead atoms. The van der Waals surface area contributed by atoms with Crippen molar-refractivity contribution in [1.29, 1.82) is 0 Å². The molecule has 1 aliphatic rings. The average Bonchev–Trinajstić information content (AvgIpc) is 3.51. The second kappa shape index (κ2) is 10.1. The molecule has 36 heavy (non-hydrogen) atoms. The number of ether oxygens (including phenoxy) is 3. The van der Waals surface area contributed by atoms with Crippen LogP contribution in [0.3, 0.4) is 0 Å². The zero-order valence-corrected chi connectivity index (χ0v) is 21.2. The highest BCUT2D eigenvalue weighted by molar-refractivity contribution is 7.18. The zero-order valence-electron chi connectivity index (χ0n) is 19.7. The minimum Gasteiger partial charge on any atom is -0.493 e. The van der Waals surface area contributed by atoms with E-state index in [9.17, 15) is 9.59 Å². The molecule has 5 rings (SSSR count). The van der Waals surface area contributed by atoms with Crippen molar-refractivity contribution < 1.29 is 23.8 Å². The smallest absolute Gasteiger partial charge is 0.339 e. The standard InChI is InChI=1S/C28H22ClNO5S/c1-33-22-10-7-16(14-23(22)34-2)13-17-8-9-19-26(18-5-3-4-6-20(18)30-27(17)19)28(32)35-15-21(31)24-11-12-25(29)36-24/h3-7,10-14H,8-9,15H2,1-2H3. The number of benzene rings is 2. The SMILES string of the molecule is COc1ccc(C=C2CCc3c2nc2ccccc2c3C(=O)OCC(=O)c2ccc(Cl)s2)cc1OC. The number of rotatable bonds is 7. The summed E-state index contributed by atoms with van der Waals surface area (Å²) in [6, 6.07) is 16.5. The van der Waals surface area contributed by atoms with Gasteiger partial charge < -0.3 is 14.2 Å². The lowest BCUT2D eigenvalue weighted by molar-refractivity contribution is 0.0476. The fourth-order valence-corrected chi connectivity index (χ4v) is 5.36. The molecule has 0 radical (unpaired) electrons. The fourth-order valence-electron chi connectivity index (χ4n) is 4.39. The molecule has 4 aromatic rings. The minimum atomic E-state index is -0.534. The first-order valence-corrected chi connectivity index (χ1v) is 12.5. The lowest BCUT2D eigenvalue weighted by Gasteiger charge is -2.12. The number of carbonyl (C=O) groups is 2. The van der Waals surface area contributed by atoms with Gasteiger partial charge >= 0.3 is 5.97 Å². The molecule has 0 aliphatic heterocycles. The normalized spacial score (nSPS) is 13.6. The van der Waals surface area contributed by atoms with Gasteiger partial charge in [0.15, 0.2) is 18.1 Å². The van der Waals surface area contributed by atoms with Crippen LogP contribution in [0.5, 0.6) is 11.5 Å². The summed E-state index contributed by atoms with van der Waals surface area (Å²) in [5, 5.41) is 0.709. The Morgan fingerprint density at radius 3 is 2.58 bits per heavy atom. The molecular formula is C28H22ClNO5S. The number of ketones is 1. The van der Waals surface area contributed by atoms with Crippen LogP contribution in [0.4, 0.5) is 0 Å². The van der Waals surface area contributed by atoms with E-state index in [-0.39, 0.29) is 12.4 Å². The topological polar surface area (TPSA) is 74.7 Å². The number of Topliss-reactive ketones (excluding diaryl/α,β-unsaturated/α-hetero) is 1. The van der Waals surface area contributed by atoms with Gasteiger partial charge in [-0.05, 0) is 65.9 Å². The molecular weight excluding hydrogens is 498 g/mol. The number of hydrogen-bond acceptors (Lipinski definition) is 7. The second-order valence-electron chi connectivity index (χ2n) is 8.22. The zero-order chi connectivity index (χ0) is 25.2. The number of carbonyl (C=O) groups excluding carboxylic acids is 2. The summed E-state index contributed by atoms with van der Waals surface area (Å²) in [4.78, 5) is 31.1. The Hall–Kier alpha value is -3.68. The van der Waals surface area contributed by atoms with E-state index in [1.165, 1.54) is 0 Å². The molecule has 0 N–H and O–H groups in total. The van der Waals surface area contributed by atoms with E-state index >= 15 is 0 Å². The van der Waals surface area contributed by atoms with Crippen molar-refractivity contribution in [2.45, 2.75) is 12.8 Å². The van der Waals surface area contributed by atoms with Gasteiger partial charge in [0.05, 0.1) is 40.2 Å². The Balaban J connectivity index is 1.50. The highest BCUT2D eigenvalue weighted by Crippen LogP contribution is 2.38. The lowest BCUT2D eigenvalue weighted by atomic mass is 10.0. The van der Waals surface area contributed by atoms with E-state index in [0.717, 1.165) is 40.2 Å². The Morgan fingerprint density at radius 2 is 1.83 bits per heavy atom. The molecule has 0 atom stereocenters. The van der Waals surface area contributed by atoms with E-state index in [1.807, 2.05) is 42.5 Å². The second-order valence-corrected chi connectivity index (χ2v) is 9.93. The minimum absolute atomic E-state index is 0.288. The molecule has 0 fully saturated rings. The van der Waals surface area contributed by atoms with Crippen LogP contribution in [-0.4, -0.2) is 37.6 Å². The Kier molecular flexibility index (Phi) is 6.76. The lowest BCUT2D eigenvalue weighted by Crippen LogP contribution is -2.15. The largest absolute Gasteiger partial charge is 0.493 e. The van der Waals surface area contributed by atoms with Crippen molar-refractivity contribution in [3.63, 3.8) is 0 Å². The summed E-state index contributed by atoms with van der Waals surface area (Å²) < 4.78 is 16.8. The van der Waals surface area contributed by atoms with Crippen LogP contribution in [0.2, 0.25) is 4.34 Å². The summed E-state index contributed by atoms with van der Waals surface area (Å²) in [5.74, 6) is 0.468. The van der Waals surface area contributed by atoms with Crippen LogP contribution in [-0.2, 0) is 11.2 Å². The highest BCUT2D eigenvalue weighted by Gasteiger charge is 2.28. The maximum atomic E-state index is 13.3. The number of para-hydroxylation sites is 1. The van der Waals surface area contributed by atoms with E-state index in [4.69, 9.17) is 30.8 Å². The van der Waals surface area contributed by atoms with Crippen LogP contribution >= 0.6 is 22.9 Å². The summed E-state index contributed by atoms with van der Waals surface area (Å²) >= 11 is 7.09. The van der Waals surface area contributed by atoms with Gasteiger partial charge in [-0.25, -0.2) is 9.78 Å². The third-order valence-electron chi connectivity index (χ3n) is 6.08. The number of thiophene rings is 1. The van der Waals surface area contributed by atoms with E-state index in [0.29, 0.717) is 43.6 Å². The van der Waals surface area contributed by atoms with Gasteiger partial charge in [-0.1, -0.05) is 35.9 Å². The van der Waals surface area contributed by atoms with Gasteiger partial charge in [-0.15, -0.1) is 11.3 Å². The van der Waals surface area contributed by atoms with Crippen molar-refractivity contribution in [3.8, 4) is 11.5 Å². The summed E-state index contributed by atoms with van der Waals surface area (Å²) in [7, 11) is 3.20. The Labute approximate surface area is 217 Å². The maximum Gasteiger partial charge on any atom is 0.339 e. The molecule has 182 valence electrons. The average molecular weight is 520 g/mol. The molecule has 0 saturated carbocycles. The molecule has 0 amide bonds. The predicted molar refractivity (Wildman–Crippen MR) is 141 cm³/mol. The van der Waals surface area contributed by atoms with Crippen molar-refractivity contribution >= 4 is 57.2 Å². The number of aromatic nitrogens is 1. The molecule has 0 spiro atoms. The van der Waals surface area contributed by atoms with Gasteiger partial charge in [0, 0.05) is 5.39 Å². The molecule has 0 unspecified atom stereocenters. The van der Waals surface area contributed by atoms with Gasteiger partial charge in [-0.3, -0.25) is 4.79 Å². The first-order valence-electron chi connectivity index (χ1n) is 11.3. The highest BCUT2D eigenvalue weighted by atomic mass is 35.5. The fraction of sp³-hybridized carbons (Fsp3) is 0.179. The number of halogens is 1. The number of nitrogens with zero attached hydrogens (tertiary/aromatic N) is 1. The van der Waals surface area contributed by atoms with E-state index < -0.39 is 5.97 Å². The molecule has 2 aromatic carbocycles. The van der Waals surface area contributed by atoms with Crippen LogP contribution in [0, 0.1) is 0 Å². The van der Waals surface area contributed by atoms with Crippen LogP contribution in [0.25, 0.3) is 22.6 Å². The number of allylic oxidation sites excluding steroid dienone is 1. The Bertz CT molecular complexity index is 1520. The van der Waals surface area contributed by atoms with Crippen molar-refractivity contribution in [1.82, 2.24) is 4.98 Å². The molecule has 2 heterocycles. The van der Waals surface area contributed by atoms with Gasteiger partial charge in [-0.2, -0.15) is 0 Å². The first-order chi connectivity index (χ1) is 17.5. The number of methoxy groups -OCH3 is 2. The van der Waals surface area contributed by atoms with Crippen LogP contribution in [0.1, 0.15) is 43.3 Å². The van der Waals surface area contributed by atoms with Crippen molar-refractivity contribution in [2.75, 3.05) is 20.8 Å². The summed E-state index contributed by atoms with van der Waals surface area (Å²) in [6.45, 7) is -0.352. The number of pyridine rings is 1. The number of hydrogen-bond donors (Lipinski definition) is 0.